The van der Waals surface area contributed by atoms with Crippen LogP contribution < -0.4 is 5.32 Å². The Labute approximate surface area is 120 Å². The molecule has 4 heteroatoms. The van der Waals surface area contributed by atoms with Gasteiger partial charge in [-0.2, -0.15) is 0 Å². The first-order chi connectivity index (χ1) is 9.29. The van der Waals surface area contributed by atoms with Crippen LogP contribution in [-0.4, -0.2) is 37.0 Å². The molecule has 0 aliphatic heterocycles. The Kier molecular flexibility index (Phi) is 3.87. The van der Waals surface area contributed by atoms with Crippen molar-refractivity contribution in [2.45, 2.75) is 37.6 Å². The van der Waals surface area contributed by atoms with E-state index < -0.39 is 5.41 Å². The number of carbonyl (C=O) groups is 1. The summed E-state index contributed by atoms with van der Waals surface area (Å²) in [6, 6.07) is 6.59. The van der Waals surface area contributed by atoms with E-state index in [0.29, 0.717) is 12.1 Å². The molecule has 0 atom stereocenters. The summed E-state index contributed by atoms with van der Waals surface area (Å²) in [5.74, 6) is -0.343. The van der Waals surface area contributed by atoms with E-state index in [1.54, 1.807) is 18.2 Å². The zero-order valence-electron chi connectivity index (χ0n) is 12.7. The van der Waals surface area contributed by atoms with Gasteiger partial charge in [0.1, 0.15) is 5.82 Å². The van der Waals surface area contributed by atoms with Crippen LogP contribution in [0.5, 0.6) is 0 Å². The van der Waals surface area contributed by atoms with E-state index in [2.05, 4.69) is 24.1 Å². The van der Waals surface area contributed by atoms with E-state index in [4.69, 9.17) is 0 Å². The Morgan fingerprint density at radius 3 is 2.45 bits per heavy atom. The second kappa shape index (κ2) is 5.17. The topological polar surface area (TPSA) is 32.3 Å². The van der Waals surface area contributed by atoms with Crippen LogP contribution in [0, 0.1) is 5.82 Å². The number of nitrogens with one attached hydrogen (secondary N) is 1. The Balaban J connectivity index is 2.09. The first kappa shape index (κ1) is 15.0. The van der Waals surface area contributed by atoms with Crippen LogP contribution in [0.2, 0.25) is 0 Å². The van der Waals surface area contributed by atoms with Gasteiger partial charge in [-0.25, -0.2) is 4.39 Å². The maximum absolute atomic E-state index is 13.9. The number of amides is 1. The molecule has 20 heavy (non-hydrogen) atoms. The molecular formula is C16H23FN2O. The molecule has 1 aromatic carbocycles. The molecule has 1 aliphatic rings. The molecule has 3 nitrogen and oxygen atoms in total. The van der Waals surface area contributed by atoms with Gasteiger partial charge in [0.15, 0.2) is 0 Å². The van der Waals surface area contributed by atoms with E-state index in [1.165, 1.54) is 6.07 Å². The van der Waals surface area contributed by atoms with Gasteiger partial charge in [0.2, 0.25) is 5.91 Å². The number of benzene rings is 1. The Bertz CT molecular complexity index is 507. The van der Waals surface area contributed by atoms with Crippen LogP contribution in [0.15, 0.2) is 24.3 Å². The number of rotatable bonds is 5. The number of nitrogens with zero attached hydrogens (tertiary/aromatic N) is 1. The van der Waals surface area contributed by atoms with Gasteiger partial charge in [-0.1, -0.05) is 18.2 Å². The third-order valence-electron chi connectivity index (χ3n) is 4.47. The van der Waals surface area contributed by atoms with E-state index >= 15 is 0 Å². The molecule has 1 saturated carbocycles. The molecule has 0 bridgehead atoms. The standard InChI is InChI=1S/C16H23FN2O/c1-15(2,19(3)4)11-18-14(20)16(9-10-16)12-7-5-6-8-13(12)17/h5-8H,9-11H2,1-4H3,(H,18,20). The third-order valence-corrected chi connectivity index (χ3v) is 4.47. The highest BCUT2D eigenvalue weighted by Crippen LogP contribution is 2.49. The van der Waals surface area contributed by atoms with Gasteiger partial charge in [-0.05, 0) is 46.9 Å². The Morgan fingerprint density at radius 1 is 1.35 bits per heavy atom. The number of likely N-dealkylation sites (N-methyl/N-ethyl adjacent to an activating group) is 1. The lowest BCUT2D eigenvalue weighted by molar-refractivity contribution is -0.124. The molecule has 0 aromatic heterocycles. The summed E-state index contributed by atoms with van der Waals surface area (Å²) in [7, 11) is 3.96. The van der Waals surface area contributed by atoms with Gasteiger partial charge in [0.25, 0.3) is 0 Å². The SMILES string of the molecule is CN(C)C(C)(C)CNC(=O)C1(c2ccccc2F)CC1. The largest absolute Gasteiger partial charge is 0.353 e. The number of hydrogen-bond donors (Lipinski definition) is 1. The molecule has 0 heterocycles. The van der Waals surface area contributed by atoms with Crippen molar-refractivity contribution < 1.29 is 9.18 Å². The molecular weight excluding hydrogens is 255 g/mol. The first-order valence-electron chi connectivity index (χ1n) is 7.00. The predicted molar refractivity (Wildman–Crippen MR) is 78.1 cm³/mol. The Hall–Kier alpha value is -1.42. The summed E-state index contributed by atoms with van der Waals surface area (Å²) in [5.41, 5.74) is -0.241. The van der Waals surface area contributed by atoms with E-state index in [0.717, 1.165) is 12.8 Å². The minimum Gasteiger partial charge on any atom is -0.353 e. The van der Waals surface area contributed by atoms with Crippen LogP contribution in [0.3, 0.4) is 0 Å². The maximum atomic E-state index is 13.9. The fourth-order valence-electron chi connectivity index (χ4n) is 2.22. The highest BCUT2D eigenvalue weighted by Gasteiger charge is 2.52. The van der Waals surface area contributed by atoms with Crippen LogP contribution >= 0.6 is 0 Å². The number of halogens is 1. The van der Waals surface area contributed by atoms with Gasteiger partial charge in [0.05, 0.1) is 5.41 Å². The van der Waals surface area contributed by atoms with Crippen LogP contribution in [-0.2, 0) is 10.2 Å². The van der Waals surface area contributed by atoms with Gasteiger partial charge < -0.3 is 10.2 Å². The smallest absolute Gasteiger partial charge is 0.230 e. The van der Waals surface area contributed by atoms with Gasteiger partial charge >= 0.3 is 0 Å². The van der Waals surface area contributed by atoms with Gasteiger partial charge in [0, 0.05) is 17.6 Å². The molecule has 1 amide bonds. The second-order valence-electron chi connectivity index (χ2n) is 6.45. The molecule has 0 radical (unpaired) electrons. The van der Waals surface area contributed by atoms with Crippen molar-refractivity contribution in [3.8, 4) is 0 Å². The van der Waals surface area contributed by atoms with Crippen LogP contribution in [0.1, 0.15) is 32.3 Å². The summed E-state index contributed by atoms with van der Waals surface area (Å²) in [6.45, 7) is 4.68. The molecule has 0 saturated heterocycles. The minimum atomic E-state index is -0.645. The van der Waals surface area contributed by atoms with Crippen molar-refractivity contribution in [1.29, 1.82) is 0 Å². The number of carbonyl (C=O) groups excluding carboxylic acids is 1. The van der Waals surface area contributed by atoms with Gasteiger partial charge in [-0.15, -0.1) is 0 Å². The molecule has 0 spiro atoms. The summed E-state index contributed by atoms with van der Waals surface area (Å²) < 4.78 is 13.9. The molecule has 1 fully saturated rings. The van der Waals surface area contributed by atoms with Crippen molar-refractivity contribution in [2.24, 2.45) is 0 Å². The molecule has 1 aliphatic carbocycles. The molecule has 1 aromatic rings. The van der Waals surface area contributed by atoms with E-state index in [1.807, 2.05) is 14.1 Å². The van der Waals surface area contributed by atoms with Crippen LogP contribution in [0.4, 0.5) is 4.39 Å². The zero-order valence-corrected chi connectivity index (χ0v) is 12.7. The quantitative estimate of drug-likeness (QED) is 0.896. The average molecular weight is 278 g/mol. The lowest BCUT2D eigenvalue weighted by Crippen LogP contribution is -2.50. The lowest BCUT2D eigenvalue weighted by Gasteiger charge is -2.33. The molecule has 110 valence electrons. The van der Waals surface area contributed by atoms with Crippen molar-refractivity contribution in [2.75, 3.05) is 20.6 Å². The number of hydrogen-bond acceptors (Lipinski definition) is 2. The second-order valence-corrected chi connectivity index (χ2v) is 6.45. The van der Waals surface area contributed by atoms with Crippen molar-refractivity contribution in [3.63, 3.8) is 0 Å². The zero-order chi connectivity index (χ0) is 15.0. The van der Waals surface area contributed by atoms with Crippen LogP contribution in [0.25, 0.3) is 0 Å². The fraction of sp³-hybridized carbons (Fsp3) is 0.562. The highest BCUT2D eigenvalue weighted by atomic mass is 19.1. The summed E-state index contributed by atoms with van der Waals surface area (Å²) in [4.78, 5) is 14.5. The average Bonchev–Trinajstić information content (AvgIpc) is 3.18. The summed E-state index contributed by atoms with van der Waals surface area (Å²) in [5, 5.41) is 2.99. The minimum absolute atomic E-state index is 0.0578. The monoisotopic (exact) mass is 278 g/mol. The predicted octanol–water partition coefficient (Wildman–Crippen LogP) is 2.31. The van der Waals surface area contributed by atoms with E-state index in [9.17, 15) is 9.18 Å². The normalized spacial score (nSPS) is 17.1. The van der Waals surface area contributed by atoms with Gasteiger partial charge in [-0.3, -0.25) is 4.79 Å². The third kappa shape index (κ3) is 2.70. The van der Waals surface area contributed by atoms with Crippen molar-refractivity contribution in [1.82, 2.24) is 10.2 Å². The van der Waals surface area contributed by atoms with E-state index in [-0.39, 0.29) is 17.3 Å². The maximum Gasteiger partial charge on any atom is 0.230 e. The first-order valence-corrected chi connectivity index (χ1v) is 7.00. The lowest BCUT2D eigenvalue weighted by atomic mass is 9.93. The summed E-state index contributed by atoms with van der Waals surface area (Å²) >= 11 is 0. The Morgan fingerprint density at radius 2 is 1.95 bits per heavy atom. The highest BCUT2D eigenvalue weighted by molar-refractivity contribution is 5.91. The molecule has 0 unspecified atom stereocenters. The molecule has 1 N–H and O–H groups in total. The summed E-state index contributed by atoms with van der Waals surface area (Å²) in [6.07, 6.45) is 1.45. The van der Waals surface area contributed by atoms with Crippen molar-refractivity contribution >= 4 is 5.91 Å². The van der Waals surface area contributed by atoms with Crippen molar-refractivity contribution in [3.05, 3.63) is 35.6 Å². The molecule has 2 rings (SSSR count). The fourth-order valence-corrected chi connectivity index (χ4v) is 2.22.